The molecule has 0 saturated carbocycles. The summed E-state index contributed by atoms with van der Waals surface area (Å²) in [6.45, 7) is 1.31. The smallest absolute Gasteiger partial charge is 0.302 e. The molecule has 0 spiro atoms. The Bertz CT molecular complexity index is 392. The van der Waals surface area contributed by atoms with Gasteiger partial charge in [0.2, 0.25) is 0 Å². The van der Waals surface area contributed by atoms with Crippen LogP contribution in [0.2, 0.25) is 0 Å². The van der Waals surface area contributed by atoms with Crippen LogP contribution in [-0.4, -0.2) is 31.4 Å². The summed E-state index contributed by atoms with van der Waals surface area (Å²) in [5.41, 5.74) is 1.56. The number of aliphatic hydroxyl groups excluding tert-OH is 1. The fourth-order valence-electron chi connectivity index (χ4n) is 1.26. The zero-order valence-corrected chi connectivity index (χ0v) is 9.97. The van der Waals surface area contributed by atoms with Gasteiger partial charge in [-0.3, -0.25) is 4.79 Å². The summed E-state index contributed by atoms with van der Waals surface area (Å²) in [4.78, 5) is 10.7. The van der Waals surface area contributed by atoms with E-state index in [1.165, 1.54) is 6.92 Å². The molecule has 1 rings (SSSR count). The van der Waals surface area contributed by atoms with Gasteiger partial charge in [-0.1, -0.05) is 18.2 Å². The molecule has 0 aromatic heterocycles. The van der Waals surface area contributed by atoms with Crippen LogP contribution in [0, 0.1) is 0 Å². The highest BCUT2D eigenvalue weighted by atomic mass is 16.5. The van der Waals surface area contributed by atoms with Crippen LogP contribution in [0.15, 0.2) is 29.8 Å². The van der Waals surface area contributed by atoms with Crippen LogP contribution in [0.4, 0.5) is 0 Å². The third kappa shape index (κ3) is 4.70. The van der Waals surface area contributed by atoms with E-state index in [1.807, 2.05) is 24.3 Å². The minimum atomic E-state index is -0.362. The molecule has 4 heteroatoms. The fraction of sp³-hybridized carbons (Fsp3) is 0.308. The maximum absolute atomic E-state index is 10.7. The van der Waals surface area contributed by atoms with Gasteiger partial charge in [0.15, 0.2) is 0 Å². The van der Waals surface area contributed by atoms with Crippen LogP contribution in [-0.2, 0) is 9.53 Å². The van der Waals surface area contributed by atoms with Crippen LogP contribution < -0.4 is 4.74 Å². The summed E-state index contributed by atoms with van der Waals surface area (Å²) in [7, 11) is 1.60. The maximum atomic E-state index is 10.7. The molecule has 0 bridgehead atoms. The number of aliphatic hydroxyl groups is 1. The molecular formula is C13H16O4. The van der Waals surface area contributed by atoms with Crippen molar-refractivity contribution in [3.05, 3.63) is 35.4 Å². The van der Waals surface area contributed by atoms with Gasteiger partial charge in [-0.25, -0.2) is 0 Å². The van der Waals surface area contributed by atoms with Crippen LogP contribution in [0.5, 0.6) is 5.75 Å². The van der Waals surface area contributed by atoms with Gasteiger partial charge in [0, 0.05) is 6.92 Å². The lowest BCUT2D eigenvalue weighted by Gasteiger charge is -2.05. The molecule has 0 fully saturated rings. The van der Waals surface area contributed by atoms with Crippen molar-refractivity contribution in [3.63, 3.8) is 0 Å². The molecule has 4 nitrogen and oxygen atoms in total. The van der Waals surface area contributed by atoms with Gasteiger partial charge in [0.05, 0.1) is 13.7 Å². The number of carbonyl (C=O) groups is 1. The largest absolute Gasteiger partial charge is 0.497 e. The lowest BCUT2D eigenvalue weighted by Crippen LogP contribution is -2.05. The topological polar surface area (TPSA) is 55.8 Å². The molecule has 17 heavy (non-hydrogen) atoms. The second kappa shape index (κ2) is 6.70. The van der Waals surface area contributed by atoms with Crippen molar-refractivity contribution >= 4 is 12.0 Å². The summed E-state index contributed by atoms with van der Waals surface area (Å²) in [6.07, 6.45) is 1.78. The van der Waals surface area contributed by atoms with Crippen molar-refractivity contribution in [1.82, 2.24) is 0 Å². The first-order chi connectivity index (χ1) is 8.15. The molecule has 1 aromatic rings. The number of hydrogen-bond acceptors (Lipinski definition) is 4. The van der Waals surface area contributed by atoms with E-state index in [4.69, 9.17) is 14.6 Å². The normalized spacial score (nSPS) is 11.1. The number of carbonyl (C=O) groups excluding carboxylic acids is 1. The third-order valence-electron chi connectivity index (χ3n) is 2.15. The Morgan fingerprint density at radius 2 is 2.00 bits per heavy atom. The third-order valence-corrected chi connectivity index (χ3v) is 2.15. The van der Waals surface area contributed by atoms with Gasteiger partial charge in [-0.2, -0.15) is 0 Å². The number of esters is 1. The molecule has 0 heterocycles. The average molecular weight is 236 g/mol. The molecule has 1 aromatic carbocycles. The highest BCUT2D eigenvalue weighted by molar-refractivity contribution is 5.66. The average Bonchev–Trinajstić information content (AvgIpc) is 2.35. The predicted octanol–water partition coefficient (Wildman–Crippen LogP) is 1.63. The fourth-order valence-corrected chi connectivity index (χ4v) is 1.26. The van der Waals surface area contributed by atoms with Gasteiger partial charge in [-0.15, -0.1) is 0 Å². The standard InChI is InChI=1S/C13H16O4/c1-10(15)17-9-12(8-14)7-11-3-5-13(16-2)6-4-11/h3-7,14H,8-9H2,1-2H3/b12-7+. The Labute approximate surface area is 100 Å². The van der Waals surface area contributed by atoms with Gasteiger partial charge in [0.25, 0.3) is 0 Å². The molecule has 0 aliphatic carbocycles. The van der Waals surface area contributed by atoms with E-state index in [0.717, 1.165) is 11.3 Å². The van der Waals surface area contributed by atoms with E-state index < -0.39 is 0 Å². The summed E-state index contributed by atoms with van der Waals surface area (Å²) in [5, 5.41) is 9.12. The molecule has 0 unspecified atom stereocenters. The first kappa shape index (κ1) is 13.3. The van der Waals surface area contributed by atoms with E-state index in [9.17, 15) is 4.79 Å². The molecule has 0 radical (unpaired) electrons. The predicted molar refractivity (Wildman–Crippen MR) is 64.7 cm³/mol. The van der Waals surface area contributed by atoms with E-state index in [2.05, 4.69) is 0 Å². The number of benzene rings is 1. The summed E-state index contributed by atoms with van der Waals surface area (Å²) < 4.78 is 9.86. The highest BCUT2D eigenvalue weighted by Crippen LogP contribution is 2.14. The van der Waals surface area contributed by atoms with Crippen molar-refractivity contribution in [2.75, 3.05) is 20.3 Å². The van der Waals surface area contributed by atoms with Gasteiger partial charge in [-0.05, 0) is 23.3 Å². The Balaban J connectivity index is 2.71. The zero-order valence-electron chi connectivity index (χ0n) is 9.97. The molecule has 0 aliphatic rings. The lowest BCUT2D eigenvalue weighted by molar-refractivity contribution is -0.140. The molecule has 0 aliphatic heterocycles. The minimum absolute atomic E-state index is 0.109. The Kier molecular flexibility index (Phi) is 5.23. The molecule has 0 atom stereocenters. The van der Waals surface area contributed by atoms with Crippen LogP contribution >= 0.6 is 0 Å². The number of ether oxygens (including phenoxy) is 2. The summed E-state index contributed by atoms with van der Waals surface area (Å²) in [5.74, 6) is 0.409. The Morgan fingerprint density at radius 1 is 1.35 bits per heavy atom. The number of methoxy groups -OCH3 is 1. The second-order valence-corrected chi connectivity index (χ2v) is 3.51. The van der Waals surface area contributed by atoms with Gasteiger partial charge >= 0.3 is 5.97 Å². The molecular weight excluding hydrogens is 220 g/mol. The molecule has 0 amide bonds. The summed E-state index contributed by atoms with van der Waals surface area (Å²) in [6, 6.07) is 7.38. The van der Waals surface area contributed by atoms with Crippen molar-refractivity contribution in [3.8, 4) is 5.75 Å². The lowest BCUT2D eigenvalue weighted by atomic mass is 10.1. The first-order valence-corrected chi connectivity index (χ1v) is 5.23. The van der Waals surface area contributed by atoms with Crippen molar-refractivity contribution in [2.24, 2.45) is 0 Å². The first-order valence-electron chi connectivity index (χ1n) is 5.23. The highest BCUT2D eigenvalue weighted by Gasteiger charge is 2.00. The molecule has 1 N–H and O–H groups in total. The van der Waals surface area contributed by atoms with Gasteiger partial charge < -0.3 is 14.6 Å². The van der Waals surface area contributed by atoms with E-state index in [1.54, 1.807) is 13.2 Å². The van der Waals surface area contributed by atoms with E-state index in [0.29, 0.717) is 5.57 Å². The molecule has 0 saturated heterocycles. The number of rotatable bonds is 5. The van der Waals surface area contributed by atoms with Crippen LogP contribution in [0.25, 0.3) is 6.08 Å². The van der Waals surface area contributed by atoms with Crippen LogP contribution in [0.1, 0.15) is 12.5 Å². The second-order valence-electron chi connectivity index (χ2n) is 3.51. The van der Waals surface area contributed by atoms with Crippen LogP contribution in [0.3, 0.4) is 0 Å². The van der Waals surface area contributed by atoms with Crippen molar-refractivity contribution < 1.29 is 19.4 Å². The quantitative estimate of drug-likeness (QED) is 0.789. The summed E-state index contributed by atoms with van der Waals surface area (Å²) >= 11 is 0. The Morgan fingerprint density at radius 3 is 2.47 bits per heavy atom. The van der Waals surface area contributed by atoms with Crippen molar-refractivity contribution in [1.29, 1.82) is 0 Å². The van der Waals surface area contributed by atoms with Crippen molar-refractivity contribution in [2.45, 2.75) is 6.92 Å². The van der Waals surface area contributed by atoms with E-state index >= 15 is 0 Å². The minimum Gasteiger partial charge on any atom is -0.497 e. The molecule has 92 valence electrons. The van der Waals surface area contributed by atoms with Gasteiger partial charge in [0.1, 0.15) is 12.4 Å². The van der Waals surface area contributed by atoms with E-state index in [-0.39, 0.29) is 19.2 Å². The monoisotopic (exact) mass is 236 g/mol. The maximum Gasteiger partial charge on any atom is 0.302 e. The SMILES string of the molecule is COc1ccc(/C=C(\CO)COC(C)=O)cc1. The zero-order chi connectivity index (χ0) is 12.7. The Hall–Kier alpha value is -1.81. The number of hydrogen-bond donors (Lipinski definition) is 1.